The van der Waals surface area contributed by atoms with Crippen LogP contribution in [0.2, 0.25) is 0 Å². The molecule has 5 nitrogen and oxygen atoms in total. The van der Waals surface area contributed by atoms with E-state index in [0.717, 1.165) is 11.3 Å². The van der Waals surface area contributed by atoms with Gasteiger partial charge in [0.1, 0.15) is 0 Å². The van der Waals surface area contributed by atoms with Crippen molar-refractivity contribution in [3.63, 3.8) is 0 Å². The molecule has 0 aliphatic rings. The fourth-order valence-electron chi connectivity index (χ4n) is 2.22. The Morgan fingerprint density at radius 2 is 1.77 bits per heavy atom. The van der Waals surface area contributed by atoms with Gasteiger partial charge < -0.3 is 16.0 Å². The fraction of sp³-hybridized carbons (Fsp3) is 0.176. The highest BCUT2D eigenvalue weighted by atomic mass is 16.2. The number of carbonyl (C=O) groups is 2. The summed E-state index contributed by atoms with van der Waals surface area (Å²) >= 11 is 0. The number of carbonyl (C=O) groups excluding carboxylic acids is 2. The topological polar surface area (TPSA) is 75.4 Å². The standard InChI is InChI=1S/C17H19N3O2/c1-11-6-4-9-14(15(11)16(18)21)19-17(22)12-7-5-8-13(10-12)20(2)3/h4-10H,1-3H3,(H2,18,21)(H,19,22). The van der Waals surface area contributed by atoms with Gasteiger partial charge in [0.05, 0.1) is 11.3 Å². The average Bonchev–Trinajstić information content (AvgIpc) is 2.47. The molecule has 114 valence electrons. The van der Waals surface area contributed by atoms with Crippen molar-refractivity contribution < 1.29 is 9.59 Å². The third-order valence-corrected chi connectivity index (χ3v) is 3.39. The van der Waals surface area contributed by atoms with Crippen molar-refractivity contribution in [3.8, 4) is 0 Å². The summed E-state index contributed by atoms with van der Waals surface area (Å²) in [6.45, 7) is 1.78. The summed E-state index contributed by atoms with van der Waals surface area (Å²) in [6.07, 6.45) is 0. The lowest BCUT2D eigenvalue weighted by molar-refractivity contribution is 0.100. The SMILES string of the molecule is Cc1cccc(NC(=O)c2cccc(N(C)C)c2)c1C(N)=O. The van der Waals surface area contributed by atoms with Crippen molar-refractivity contribution in [2.75, 3.05) is 24.3 Å². The van der Waals surface area contributed by atoms with Gasteiger partial charge in [-0.3, -0.25) is 9.59 Å². The third-order valence-electron chi connectivity index (χ3n) is 3.39. The number of nitrogens with one attached hydrogen (secondary N) is 1. The number of benzene rings is 2. The molecule has 0 aromatic heterocycles. The van der Waals surface area contributed by atoms with Crippen LogP contribution in [0.25, 0.3) is 0 Å². The van der Waals surface area contributed by atoms with Crippen molar-refractivity contribution in [2.45, 2.75) is 6.92 Å². The normalized spacial score (nSPS) is 10.1. The van der Waals surface area contributed by atoms with Gasteiger partial charge in [-0.05, 0) is 36.8 Å². The molecule has 3 N–H and O–H groups in total. The van der Waals surface area contributed by atoms with Crippen LogP contribution in [0.15, 0.2) is 42.5 Å². The predicted octanol–water partition coefficient (Wildman–Crippen LogP) is 2.41. The molecule has 5 heteroatoms. The van der Waals surface area contributed by atoms with Crippen molar-refractivity contribution >= 4 is 23.2 Å². The second-order valence-corrected chi connectivity index (χ2v) is 5.26. The molecule has 2 aromatic rings. The molecule has 0 unspecified atom stereocenters. The summed E-state index contributed by atoms with van der Waals surface area (Å²) in [4.78, 5) is 25.9. The monoisotopic (exact) mass is 297 g/mol. The maximum Gasteiger partial charge on any atom is 0.255 e. The first kappa shape index (κ1) is 15.6. The highest BCUT2D eigenvalue weighted by molar-refractivity contribution is 6.09. The molecule has 0 heterocycles. The molecule has 0 aliphatic carbocycles. The Hall–Kier alpha value is -2.82. The van der Waals surface area contributed by atoms with E-state index < -0.39 is 5.91 Å². The Kier molecular flexibility index (Phi) is 4.46. The molecule has 0 spiro atoms. The number of primary amides is 1. The largest absolute Gasteiger partial charge is 0.378 e. The second-order valence-electron chi connectivity index (χ2n) is 5.26. The smallest absolute Gasteiger partial charge is 0.255 e. The van der Waals surface area contributed by atoms with E-state index in [0.29, 0.717) is 16.8 Å². The number of aryl methyl sites for hydroxylation is 1. The Morgan fingerprint density at radius 1 is 1.09 bits per heavy atom. The van der Waals surface area contributed by atoms with Crippen LogP contribution in [0.3, 0.4) is 0 Å². The van der Waals surface area contributed by atoms with E-state index >= 15 is 0 Å². The minimum atomic E-state index is -0.560. The average molecular weight is 297 g/mol. The van der Waals surface area contributed by atoms with Crippen LogP contribution in [0.5, 0.6) is 0 Å². The van der Waals surface area contributed by atoms with Crippen molar-refractivity contribution in [1.29, 1.82) is 0 Å². The molecule has 0 radical (unpaired) electrons. The van der Waals surface area contributed by atoms with Crippen LogP contribution in [0.4, 0.5) is 11.4 Å². The molecular formula is C17H19N3O2. The Bertz CT molecular complexity index is 724. The molecule has 2 aromatic carbocycles. The van der Waals surface area contributed by atoms with Crippen molar-refractivity contribution in [3.05, 3.63) is 59.2 Å². The lowest BCUT2D eigenvalue weighted by atomic mass is 10.1. The minimum absolute atomic E-state index is 0.281. The lowest BCUT2D eigenvalue weighted by Gasteiger charge is -2.14. The van der Waals surface area contributed by atoms with Gasteiger partial charge in [0.25, 0.3) is 11.8 Å². The summed E-state index contributed by atoms with van der Waals surface area (Å²) < 4.78 is 0. The fourth-order valence-corrected chi connectivity index (χ4v) is 2.22. The van der Waals surface area contributed by atoms with Gasteiger partial charge in [0.15, 0.2) is 0 Å². The van der Waals surface area contributed by atoms with Crippen molar-refractivity contribution in [2.24, 2.45) is 5.73 Å². The quantitative estimate of drug-likeness (QED) is 0.910. The number of hydrogen-bond acceptors (Lipinski definition) is 3. The zero-order valence-electron chi connectivity index (χ0n) is 12.9. The maximum atomic E-state index is 12.4. The van der Waals surface area contributed by atoms with Crippen LogP contribution in [-0.4, -0.2) is 25.9 Å². The molecule has 2 amide bonds. The van der Waals surface area contributed by atoms with Gasteiger partial charge in [-0.25, -0.2) is 0 Å². The van der Waals surface area contributed by atoms with E-state index in [1.807, 2.05) is 31.1 Å². The molecule has 0 saturated carbocycles. The minimum Gasteiger partial charge on any atom is -0.378 e. The number of nitrogens with zero attached hydrogens (tertiary/aromatic N) is 1. The van der Waals surface area contributed by atoms with Gasteiger partial charge in [-0.1, -0.05) is 18.2 Å². The Labute approximate surface area is 129 Å². The first-order chi connectivity index (χ1) is 10.4. The number of anilines is 2. The molecule has 0 saturated heterocycles. The van der Waals surface area contributed by atoms with Gasteiger partial charge in [-0.2, -0.15) is 0 Å². The number of amides is 2. The summed E-state index contributed by atoms with van der Waals surface area (Å²) in [5.74, 6) is -0.841. The molecule has 0 atom stereocenters. The number of rotatable bonds is 4. The van der Waals surface area contributed by atoms with Crippen molar-refractivity contribution in [1.82, 2.24) is 0 Å². The molecule has 22 heavy (non-hydrogen) atoms. The van der Waals surface area contributed by atoms with Gasteiger partial charge in [0.2, 0.25) is 0 Å². The van der Waals surface area contributed by atoms with E-state index in [2.05, 4.69) is 5.32 Å². The molecule has 0 fully saturated rings. The maximum absolute atomic E-state index is 12.4. The Balaban J connectivity index is 2.32. The molecule has 0 bridgehead atoms. The summed E-state index contributed by atoms with van der Waals surface area (Å²) in [7, 11) is 3.81. The summed E-state index contributed by atoms with van der Waals surface area (Å²) in [6, 6.07) is 12.5. The highest BCUT2D eigenvalue weighted by Crippen LogP contribution is 2.21. The van der Waals surface area contributed by atoms with E-state index in [-0.39, 0.29) is 5.91 Å². The number of nitrogens with two attached hydrogens (primary N) is 1. The van der Waals surface area contributed by atoms with Crippen LogP contribution in [-0.2, 0) is 0 Å². The predicted molar refractivity (Wildman–Crippen MR) is 88.4 cm³/mol. The second kappa shape index (κ2) is 6.30. The number of hydrogen-bond donors (Lipinski definition) is 2. The molecule has 2 rings (SSSR count). The van der Waals surface area contributed by atoms with Gasteiger partial charge >= 0.3 is 0 Å². The summed E-state index contributed by atoms with van der Waals surface area (Å²) in [5.41, 5.74) is 8.32. The van der Waals surface area contributed by atoms with E-state index in [1.54, 1.807) is 37.3 Å². The van der Waals surface area contributed by atoms with Crippen LogP contribution in [0, 0.1) is 6.92 Å². The summed E-state index contributed by atoms with van der Waals surface area (Å²) in [5, 5.41) is 2.76. The van der Waals surface area contributed by atoms with E-state index in [9.17, 15) is 9.59 Å². The Morgan fingerprint density at radius 3 is 2.41 bits per heavy atom. The van der Waals surface area contributed by atoms with Gasteiger partial charge in [0, 0.05) is 25.3 Å². The zero-order valence-corrected chi connectivity index (χ0v) is 12.9. The van der Waals surface area contributed by atoms with Gasteiger partial charge in [-0.15, -0.1) is 0 Å². The van der Waals surface area contributed by atoms with Crippen LogP contribution >= 0.6 is 0 Å². The lowest BCUT2D eigenvalue weighted by Crippen LogP contribution is -2.19. The van der Waals surface area contributed by atoms with Crippen LogP contribution < -0.4 is 16.0 Å². The first-order valence-corrected chi connectivity index (χ1v) is 6.88. The molecular weight excluding hydrogens is 278 g/mol. The molecule has 0 aliphatic heterocycles. The third kappa shape index (κ3) is 3.25. The van der Waals surface area contributed by atoms with E-state index in [1.165, 1.54) is 0 Å². The van der Waals surface area contributed by atoms with Crippen LogP contribution in [0.1, 0.15) is 26.3 Å². The highest BCUT2D eigenvalue weighted by Gasteiger charge is 2.14. The van der Waals surface area contributed by atoms with E-state index in [4.69, 9.17) is 5.73 Å². The first-order valence-electron chi connectivity index (χ1n) is 6.88. The zero-order chi connectivity index (χ0) is 16.3.